The van der Waals surface area contributed by atoms with Crippen LogP contribution in [0.15, 0.2) is 59.4 Å². The predicted molar refractivity (Wildman–Crippen MR) is 93.0 cm³/mol. The topological polar surface area (TPSA) is 109 Å². The zero-order valence-electron chi connectivity index (χ0n) is 13.7. The zero-order valence-corrected chi connectivity index (χ0v) is 14.4. The minimum atomic E-state index is -0.565. The van der Waals surface area contributed by atoms with Crippen LogP contribution in [0.25, 0.3) is 17.1 Å². The van der Waals surface area contributed by atoms with Crippen molar-refractivity contribution in [3.8, 4) is 17.1 Å². The Labute approximate surface area is 157 Å². The average molecular weight is 383 g/mol. The summed E-state index contributed by atoms with van der Waals surface area (Å²) in [5.41, 5.74) is 1.41. The van der Waals surface area contributed by atoms with Gasteiger partial charge in [0.2, 0.25) is 5.82 Å². The van der Waals surface area contributed by atoms with Crippen molar-refractivity contribution in [2.24, 2.45) is 0 Å². The number of aromatic nitrogens is 6. The van der Waals surface area contributed by atoms with Crippen LogP contribution in [0, 0.1) is 0 Å². The molecule has 0 atom stereocenters. The van der Waals surface area contributed by atoms with Crippen LogP contribution in [0.2, 0.25) is 5.02 Å². The summed E-state index contributed by atoms with van der Waals surface area (Å²) in [6.45, 7) is -0.156. The Hall–Kier alpha value is -3.59. The molecule has 0 saturated heterocycles. The number of halogens is 1. The predicted octanol–water partition coefficient (Wildman–Crippen LogP) is 2.72. The van der Waals surface area contributed by atoms with E-state index in [4.69, 9.17) is 20.9 Å². The third-order valence-corrected chi connectivity index (χ3v) is 3.95. The molecule has 0 unspecified atom stereocenters. The molecule has 0 spiro atoms. The maximum atomic E-state index is 12.5. The van der Waals surface area contributed by atoms with E-state index in [1.807, 2.05) is 0 Å². The maximum absolute atomic E-state index is 12.5. The molecule has 0 aliphatic carbocycles. The van der Waals surface area contributed by atoms with E-state index in [1.165, 1.54) is 11.0 Å². The lowest BCUT2D eigenvalue weighted by Gasteiger charge is -2.07. The first kappa shape index (κ1) is 16.9. The quantitative estimate of drug-likeness (QED) is 0.484. The van der Waals surface area contributed by atoms with Crippen molar-refractivity contribution in [3.63, 3.8) is 0 Å². The molecular formula is C17H11ClN6O3. The van der Waals surface area contributed by atoms with E-state index in [9.17, 15) is 4.79 Å². The fourth-order valence-corrected chi connectivity index (χ4v) is 2.60. The van der Waals surface area contributed by atoms with E-state index < -0.39 is 5.97 Å². The molecule has 4 rings (SSSR count). The number of ether oxygens (including phenoxy) is 1. The monoisotopic (exact) mass is 382 g/mol. The highest BCUT2D eigenvalue weighted by Gasteiger charge is 2.17. The smallest absolute Gasteiger partial charge is 0.340 e. The number of hydrogen-bond acceptors (Lipinski definition) is 8. The van der Waals surface area contributed by atoms with E-state index in [1.54, 1.807) is 48.5 Å². The summed E-state index contributed by atoms with van der Waals surface area (Å²) < 4.78 is 11.9. The molecule has 0 radical (unpaired) electrons. The van der Waals surface area contributed by atoms with E-state index in [-0.39, 0.29) is 18.3 Å². The van der Waals surface area contributed by atoms with Gasteiger partial charge in [0.1, 0.15) is 6.33 Å². The Morgan fingerprint density at radius 1 is 1.15 bits per heavy atom. The van der Waals surface area contributed by atoms with Crippen molar-refractivity contribution in [2.45, 2.75) is 6.61 Å². The van der Waals surface area contributed by atoms with Crippen molar-refractivity contribution in [2.75, 3.05) is 0 Å². The van der Waals surface area contributed by atoms with Crippen molar-refractivity contribution >= 4 is 17.6 Å². The molecule has 0 bridgehead atoms. The molecule has 9 nitrogen and oxygen atoms in total. The number of nitrogens with zero attached hydrogens (tertiary/aromatic N) is 6. The van der Waals surface area contributed by atoms with Crippen LogP contribution in [0.3, 0.4) is 0 Å². The Kier molecular flexibility index (Phi) is 4.58. The summed E-state index contributed by atoms with van der Waals surface area (Å²) in [6, 6.07) is 13.9. The van der Waals surface area contributed by atoms with Crippen molar-refractivity contribution in [1.29, 1.82) is 0 Å². The van der Waals surface area contributed by atoms with Gasteiger partial charge in [0.25, 0.3) is 5.89 Å². The summed E-state index contributed by atoms with van der Waals surface area (Å²) in [7, 11) is 0. The minimum absolute atomic E-state index is 0.156. The molecule has 2 aromatic carbocycles. The number of hydrogen-bond donors (Lipinski definition) is 0. The third-order valence-electron chi connectivity index (χ3n) is 3.62. The largest absolute Gasteiger partial charge is 0.454 e. The summed E-state index contributed by atoms with van der Waals surface area (Å²) in [4.78, 5) is 16.7. The standard InChI is InChI=1S/C17H11ClN6O3/c18-13-7-3-1-5-11(13)16-20-15(21-27-16)9-26-17(25)12-6-2-4-8-14(12)24-10-19-22-23-24/h1-8,10H,9H2. The second-order valence-electron chi connectivity index (χ2n) is 5.34. The molecular weight excluding hydrogens is 372 g/mol. The van der Waals surface area contributed by atoms with Gasteiger partial charge >= 0.3 is 5.97 Å². The van der Waals surface area contributed by atoms with Gasteiger partial charge in [0, 0.05) is 0 Å². The van der Waals surface area contributed by atoms with Crippen LogP contribution in [0.4, 0.5) is 0 Å². The highest BCUT2D eigenvalue weighted by Crippen LogP contribution is 2.26. The summed E-state index contributed by atoms with van der Waals surface area (Å²) in [5, 5.41) is 15.2. The molecule has 10 heteroatoms. The Bertz CT molecular complexity index is 1080. The van der Waals surface area contributed by atoms with E-state index >= 15 is 0 Å². The number of tetrazole rings is 1. The van der Waals surface area contributed by atoms with Gasteiger partial charge in [-0.2, -0.15) is 9.67 Å². The SMILES string of the molecule is O=C(OCc1noc(-c2ccccc2Cl)n1)c1ccccc1-n1cnnn1. The van der Waals surface area contributed by atoms with Gasteiger partial charge in [-0.3, -0.25) is 0 Å². The van der Waals surface area contributed by atoms with Crippen LogP contribution in [0.1, 0.15) is 16.2 Å². The summed E-state index contributed by atoms with van der Waals surface area (Å²) in [6.07, 6.45) is 1.39. The van der Waals surface area contributed by atoms with E-state index in [2.05, 4.69) is 25.7 Å². The Morgan fingerprint density at radius 3 is 2.78 bits per heavy atom. The molecule has 4 aromatic rings. The molecule has 0 aliphatic rings. The highest BCUT2D eigenvalue weighted by molar-refractivity contribution is 6.33. The summed E-state index contributed by atoms with van der Waals surface area (Å²) >= 11 is 6.11. The fraction of sp³-hybridized carbons (Fsp3) is 0.0588. The first-order valence-electron chi connectivity index (χ1n) is 7.79. The second kappa shape index (κ2) is 7.34. The average Bonchev–Trinajstić information content (AvgIpc) is 3.39. The Morgan fingerprint density at radius 2 is 1.96 bits per heavy atom. The van der Waals surface area contributed by atoms with Gasteiger partial charge in [-0.15, -0.1) is 5.10 Å². The van der Waals surface area contributed by atoms with Crippen molar-refractivity contribution in [1.82, 2.24) is 30.3 Å². The molecule has 0 N–H and O–H groups in total. The molecule has 134 valence electrons. The molecule has 27 heavy (non-hydrogen) atoms. The maximum Gasteiger partial charge on any atom is 0.340 e. The van der Waals surface area contributed by atoms with E-state index in [0.717, 1.165) is 0 Å². The molecule has 0 saturated carbocycles. The van der Waals surface area contributed by atoms with Crippen LogP contribution in [0.5, 0.6) is 0 Å². The van der Waals surface area contributed by atoms with Crippen LogP contribution < -0.4 is 0 Å². The molecule has 2 aromatic heterocycles. The molecule has 0 fully saturated rings. The lowest BCUT2D eigenvalue weighted by Crippen LogP contribution is -2.10. The van der Waals surface area contributed by atoms with Gasteiger partial charge in [0.05, 0.1) is 21.8 Å². The van der Waals surface area contributed by atoms with Crippen LogP contribution in [-0.4, -0.2) is 36.3 Å². The van der Waals surface area contributed by atoms with Crippen molar-refractivity contribution in [3.05, 3.63) is 71.3 Å². The van der Waals surface area contributed by atoms with Gasteiger partial charge in [-0.05, 0) is 34.7 Å². The second-order valence-corrected chi connectivity index (χ2v) is 5.75. The van der Waals surface area contributed by atoms with Crippen molar-refractivity contribution < 1.29 is 14.1 Å². The minimum Gasteiger partial charge on any atom is -0.454 e. The van der Waals surface area contributed by atoms with Gasteiger partial charge in [-0.25, -0.2) is 4.79 Å². The van der Waals surface area contributed by atoms with Gasteiger partial charge in [-0.1, -0.05) is 41.0 Å². The number of esters is 1. The van der Waals surface area contributed by atoms with Gasteiger partial charge in [0.15, 0.2) is 6.61 Å². The van der Waals surface area contributed by atoms with Gasteiger partial charge < -0.3 is 9.26 Å². The number of benzene rings is 2. The van der Waals surface area contributed by atoms with Crippen LogP contribution >= 0.6 is 11.6 Å². The lowest BCUT2D eigenvalue weighted by molar-refractivity contribution is 0.0459. The van der Waals surface area contributed by atoms with Crippen LogP contribution in [-0.2, 0) is 11.3 Å². The Balaban J connectivity index is 1.49. The third kappa shape index (κ3) is 3.53. The fourth-order valence-electron chi connectivity index (χ4n) is 2.38. The molecule has 2 heterocycles. The number of carbonyl (C=O) groups excluding carboxylic acids is 1. The molecule has 0 amide bonds. The normalized spacial score (nSPS) is 10.7. The number of rotatable bonds is 5. The highest BCUT2D eigenvalue weighted by atomic mass is 35.5. The lowest BCUT2D eigenvalue weighted by atomic mass is 10.2. The number of carbonyl (C=O) groups is 1. The number of para-hydroxylation sites is 1. The first-order chi connectivity index (χ1) is 13.2. The zero-order chi connectivity index (χ0) is 18.6. The summed E-state index contributed by atoms with van der Waals surface area (Å²) in [5.74, 6) is -0.0934. The first-order valence-corrected chi connectivity index (χ1v) is 8.17. The van der Waals surface area contributed by atoms with E-state index in [0.29, 0.717) is 21.8 Å². The molecule has 0 aliphatic heterocycles.